The predicted octanol–water partition coefficient (Wildman–Crippen LogP) is 2.88. The Labute approximate surface area is 135 Å². The van der Waals surface area contributed by atoms with E-state index in [1.165, 1.54) is 5.56 Å². The zero-order valence-corrected chi connectivity index (χ0v) is 13.3. The monoisotopic (exact) mass is 311 g/mol. The lowest BCUT2D eigenvalue weighted by molar-refractivity contribution is -0.128. The molecule has 1 atom stereocenters. The van der Waals surface area contributed by atoms with Gasteiger partial charge in [0.25, 0.3) is 5.91 Å². The van der Waals surface area contributed by atoms with Crippen LogP contribution < -0.4 is 0 Å². The first kappa shape index (κ1) is 14.3. The second kappa shape index (κ2) is 5.72. The number of rotatable bonds is 2. The van der Waals surface area contributed by atoms with Crippen LogP contribution in [0.25, 0.3) is 11.0 Å². The van der Waals surface area contributed by atoms with Crippen LogP contribution in [0.1, 0.15) is 36.6 Å². The smallest absolute Gasteiger partial charge is 0.253 e. The molecule has 0 spiro atoms. The van der Waals surface area contributed by atoms with Gasteiger partial charge in [-0.05, 0) is 37.5 Å². The van der Waals surface area contributed by atoms with Crippen molar-refractivity contribution in [2.45, 2.75) is 32.1 Å². The van der Waals surface area contributed by atoms with Crippen LogP contribution in [0, 0.1) is 6.92 Å². The number of benzene rings is 1. The predicted molar refractivity (Wildman–Crippen MR) is 88.0 cm³/mol. The Morgan fingerprint density at radius 3 is 3.17 bits per heavy atom. The lowest BCUT2D eigenvalue weighted by Crippen LogP contribution is -2.40. The van der Waals surface area contributed by atoms with Gasteiger partial charge in [0.2, 0.25) is 0 Å². The SMILES string of the molecule is Cc1ccc2nc([C@@H]3CCCN(C(=O)C4=COCC4)C3)[nH]c2c1. The molecule has 1 fully saturated rings. The van der Waals surface area contributed by atoms with Gasteiger partial charge in [0, 0.05) is 25.4 Å². The summed E-state index contributed by atoms with van der Waals surface area (Å²) in [5.74, 6) is 1.40. The van der Waals surface area contributed by atoms with Gasteiger partial charge < -0.3 is 14.6 Å². The minimum atomic E-state index is 0.124. The second-order valence-electron chi connectivity index (χ2n) is 6.50. The Morgan fingerprint density at radius 2 is 2.35 bits per heavy atom. The van der Waals surface area contributed by atoms with Crippen LogP contribution in [-0.4, -0.2) is 40.5 Å². The zero-order chi connectivity index (χ0) is 15.8. The number of imidazole rings is 1. The van der Waals surface area contributed by atoms with E-state index in [1.54, 1.807) is 6.26 Å². The van der Waals surface area contributed by atoms with Crippen molar-refractivity contribution in [2.75, 3.05) is 19.7 Å². The maximum atomic E-state index is 12.5. The lowest BCUT2D eigenvalue weighted by Gasteiger charge is -2.32. The highest BCUT2D eigenvalue weighted by molar-refractivity contribution is 5.93. The second-order valence-corrected chi connectivity index (χ2v) is 6.50. The van der Waals surface area contributed by atoms with Crippen LogP contribution in [0.3, 0.4) is 0 Å². The van der Waals surface area contributed by atoms with Gasteiger partial charge in [-0.3, -0.25) is 4.79 Å². The van der Waals surface area contributed by atoms with E-state index in [0.717, 1.165) is 54.8 Å². The Hall–Kier alpha value is -2.30. The van der Waals surface area contributed by atoms with Gasteiger partial charge >= 0.3 is 0 Å². The molecule has 2 aliphatic heterocycles. The normalized spacial score (nSPS) is 21.3. The number of carbonyl (C=O) groups excluding carboxylic acids is 1. The van der Waals surface area contributed by atoms with Gasteiger partial charge in [-0.25, -0.2) is 4.98 Å². The van der Waals surface area contributed by atoms with Gasteiger partial charge in [-0.2, -0.15) is 0 Å². The molecule has 1 aromatic carbocycles. The molecule has 0 aliphatic carbocycles. The molecule has 0 radical (unpaired) electrons. The average molecular weight is 311 g/mol. The van der Waals surface area contributed by atoms with Crippen LogP contribution >= 0.6 is 0 Å². The Bertz CT molecular complexity index is 778. The molecule has 0 bridgehead atoms. The fourth-order valence-electron chi connectivity index (χ4n) is 3.47. The molecule has 2 aliphatic rings. The largest absolute Gasteiger partial charge is 0.500 e. The molecule has 1 saturated heterocycles. The van der Waals surface area contributed by atoms with Crippen molar-refractivity contribution in [1.29, 1.82) is 0 Å². The van der Waals surface area contributed by atoms with Crippen molar-refractivity contribution in [3.63, 3.8) is 0 Å². The summed E-state index contributed by atoms with van der Waals surface area (Å²) >= 11 is 0. The summed E-state index contributed by atoms with van der Waals surface area (Å²) in [7, 11) is 0. The van der Waals surface area contributed by atoms with E-state index >= 15 is 0 Å². The number of likely N-dealkylation sites (tertiary alicyclic amines) is 1. The number of aryl methyl sites for hydroxylation is 1. The number of nitrogens with one attached hydrogen (secondary N) is 1. The number of ether oxygens (including phenoxy) is 1. The molecule has 0 unspecified atom stereocenters. The molecule has 1 N–H and O–H groups in total. The molecule has 23 heavy (non-hydrogen) atoms. The molecule has 3 heterocycles. The Balaban J connectivity index is 1.55. The van der Waals surface area contributed by atoms with E-state index in [-0.39, 0.29) is 11.8 Å². The topological polar surface area (TPSA) is 58.2 Å². The number of amides is 1. The molecule has 2 aromatic rings. The minimum Gasteiger partial charge on any atom is -0.500 e. The van der Waals surface area contributed by atoms with Crippen LogP contribution in [0.5, 0.6) is 0 Å². The summed E-state index contributed by atoms with van der Waals surface area (Å²) in [5.41, 5.74) is 4.10. The quantitative estimate of drug-likeness (QED) is 0.928. The van der Waals surface area contributed by atoms with E-state index in [1.807, 2.05) is 4.90 Å². The fraction of sp³-hybridized carbons (Fsp3) is 0.444. The van der Waals surface area contributed by atoms with Gasteiger partial charge in [0.05, 0.1) is 29.5 Å². The molecule has 1 amide bonds. The van der Waals surface area contributed by atoms with Crippen molar-refractivity contribution in [3.8, 4) is 0 Å². The number of H-pyrrole nitrogens is 1. The van der Waals surface area contributed by atoms with Crippen LogP contribution in [0.4, 0.5) is 0 Å². The lowest BCUT2D eigenvalue weighted by atomic mass is 9.96. The fourth-order valence-corrected chi connectivity index (χ4v) is 3.47. The summed E-state index contributed by atoms with van der Waals surface area (Å²) in [5, 5.41) is 0. The number of nitrogens with zero attached hydrogens (tertiary/aromatic N) is 2. The van der Waals surface area contributed by atoms with Gasteiger partial charge in [-0.1, -0.05) is 6.07 Å². The van der Waals surface area contributed by atoms with Crippen molar-refractivity contribution < 1.29 is 9.53 Å². The van der Waals surface area contributed by atoms with E-state index in [9.17, 15) is 4.79 Å². The van der Waals surface area contributed by atoms with Crippen LogP contribution in [0.15, 0.2) is 30.0 Å². The van der Waals surface area contributed by atoms with Crippen molar-refractivity contribution in [1.82, 2.24) is 14.9 Å². The summed E-state index contributed by atoms with van der Waals surface area (Å²) in [6.07, 6.45) is 4.43. The maximum Gasteiger partial charge on any atom is 0.253 e. The van der Waals surface area contributed by atoms with E-state index in [2.05, 4.69) is 30.1 Å². The van der Waals surface area contributed by atoms with Crippen molar-refractivity contribution in [2.24, 2.45) is 0 Å². The minimum absolute atomic E-state index is 0.124. The van der Waals surface area contributed by atoms with E-state index in [0.29, 0.717) is 6.61 Å². The highest BCUT2D eigenvalue weighted by atomic mass is 16.5. The molecule has 4 rings (SSSR count). The van der Waals surface area contributed by atoms with Crippen molar-refractivity contribution in [3.05, 3.63) is 41.4 Å². The zero-order valence-electron chi connectivity index (χ0n) is 13.3. The molecular weight excluding hydrogens is 290 g/mol. The number of carbonyl (C=O) groups is 1. The van der Waals surface area contributed by atoms with E-state index in [4.69, 9.17) is 9.72 Å². The standard InChI is InChI=1S/C18H21N3O2/c1-12-4-5-15-16(9-12)20-17(19-15)13-3-2-7-21(10-13)18(22)14-6-8-23-11-14/h4-5,9,11,13H,2-3,6-8,10H2,1H3,(H,19,20)/t13-/m1/s1. The molecule has 5 nitrogen and oxygen atoms in total. The third-order valence-electron chi connectivity index (χ3n) is 4.74. The Morgan fingerprint density at radius 1 is 1.43 bits per heavy atom. The van der Waals surface area contributed by atoms with E-state index < -0.39 is 0 Å². The highest BCUT2D eigenvalue weighted by Crippen LogP contribution is 2.28. The van der Waals surface area contributed by atoms with Gasteiger partial charge in [0.15, 0.2) is 0 Å². The van der Waals surface area contributed by atoms with Gasteiger partial charge in [-0.15, -0.1) is 0 Å². The number of hydrogen-bond donors (Lipinski definition) is 1. The molecule has 0 saturated carbocycles. The van der Waals surface area contributed by atoms with Crippen molar-refractivity contribution >= 4 is 16.9 Å². The molecular formula is C18H21N3O2. The Kier molecular flexibility index (Phi) is 3.56. The molecule has 5 heteroatoms. The van der Waals surface area contributed by atoms with Gasteiger partial charge in [0.1, 0.15) is 5.82 Å². The first-order valence-electron chi connectivity index (χ1n) is 8.27. The first-order chi connectivity index (χ1) is 11.2. The highest BCUT2D eigenvalue weighted by Gasteiger charge is 2.29. The molecule has 120 valence electrons. The van der Waals surface area contributed by atoms with Crippen LogP contribution in [0.2, 0.25) is 0 Å². The number of piperidine rings is 1. The summed E-state index contributed by atoms with van der Waals surface area (Å²) < 4.78 is 5.20. The molecule has 1 aromatic heterocycles. The summed E-state index contributed by atoms with van der Waals surface area (Å²) in [6.45, 7) is 4.26. The number of fused-ring (bicyclic) bond motifs is 1. The summed E-state index contributed by atoms with van der Waals surface area (Å²) in [4.78, 5) is 22.7. The first-order valence-corrected chi connectivity index (χ1v) is 8.27. The number of hydrogen-bond acceptors (Lipinski definition) is 3. The third kappa shape index (κ3) is 2.71. The summed E-state index contributed by atoms with van der Waals surface area (Å²) in [6, 6.07) is 6.26. The average Bonchev–Trinajstić information content (AvgIpc) is 3.23. The third-order valence-corrected chi connectivity index (χ3v) is 4.74. The van der Waals surface area contributed by atoms with Crippen LogP contribution in [-0.2, 0) is 9.53 Å². The number of aromatic nitrogens is 2. The number of aromatic amines is 1. The maximum absolute atomic E-state index is 12.5.